The van der Waals surface area contributed by atoms with E-state index in [4.69, 9.17) is 4.52 Å². The summed E-state index contributed by atoms with van der Waals surface area (Å²) in [4.78, 5) is 5.27. The van der Waals surface area contributed by atoms with E-state index in [9.17, 15) is 8.42 Å². The Kier molecular flexibility index (Phi) is 4.56. The number of thiophene rings is 1. The minimum Gasteiger partial charge on any atom is -0.337 e. The maximum Gasteiger partial charge on any atom is 0.242 e. The van der Waals surface area contributed by atoms with Gasteiger partial charge in [0.15, 0.2) is 0 Å². The lowest BCUT2D eigenvalue weighted by Gasteiger charge is -2.05. The van der Waals surface area contributed by atoms with Gasteiger partial charge in [-0.2, -0.15) is 4.98 Å². The van der Waals surface area contributed by atoms with E-state index in [1.807, 2.05) is 24.4 Å². The van der Waals surface area contributed by atoms with Crippen molar-refractivity contribution >= 4 is 21.4 Å². The molecule has 2 aromatic heterocycles. The van der Waals surface area contributed by atoms with Crippen LogP contribution in [0, 0.1) is 0 Å². The van der Waals surface area contributed by atoms with Crippen LogP contribution in [0.4, 0.5) is 0 Å². The van der Waals surface area contributed by atoms with Gasteiger partial charge in [0.25, 0.3) is 0 Å². The molecule has 120 valence electrons. The Morgan fingerprint density at radius 3 is 2.65 bits per heavy atom. The molecule has 6 nitrogen and oxygen atoms in total. The third-order valence-corrected chi connectivity index (χ3v) is 5.55. The van der Waals surface area contributed by atoms with Crippen molar-refractivity contribution in [2.24, 2.45) is 0 Å². The van der Waals surface area contributed by atoms with E-state index in [-0.39, 0.29) is 17.3 Å². The highest BCUT2D eigenvalue weighted by atomic mass is 32.2. The SMILES string of the molecule is CCc1ccc(S(=O)(=O)NCc2nc(-c3cccs3)no2)cc1. The summed E-state index contributed by atoms with van der Waals surface area (Å²) in [5.74, 6) is 0.684. The van der Waals surface area contributed by atoms with E-state index in [1.165, 1.54) is 11.3 Å². The fourth-order valence-electron chi connectivity index (χ4n) is 1.98. The molecule has 23 heavy (non-hydrogen) atoms. The quantitative estimate of drug-likeness (QED) is 0.739. The molecule has 0 spiro atoms. The number of nitrogens with zero attached hydrogens (tertiary/aromatic N) is 2. The van der Waals surface area contributed by atoms with Gasteiger partial charge in [0.2, 0.25) is 21.7 Å². The number of benzene rings is 1. The van der Waals surface area contributed by atoms with Crippen LogP contribution in [0.1, 0.15) is 18.4 Å². The Bertz CT molecular complexity index is 869. The average molecular weight is 349 g/mol. The van der Waals surface area contributed by atoms with Crippen LogP contribution in [-0.4, -0.2) is 18.6 Å². The van der Waals surface area contributed by atoms with Gasteiger partial charge in [-0.1, -0.05) is 30.3 Å². The topological polar surface area (TPSA) is 85.1 Å². The minimum absolute atomic E-state index is 0.0454. The first kappa shape index (κ1) is 15.9. The van der Waals surface area contributed by atoms with Gasteiger partial charge < -0.3 is 4.52 Å². The van der Waals surface area contributed by atoms with Crippen LogP contribution in [0.3, 0.4) is 0 Å². The van der Waals surface area contributed by atoms with Crippen LogP contribution in [0.15, 0.2) is 51.2 Å². The lowest BCUT2D eigenvalue weighted by molar-refractivity contribution is 0.376. The highest BCUT2D eigenvalue weighted by molar-refractivity contribution is 7.89. The summed E-state index contributed by atoms with van der Waals surface area (Å²) in [6.07, 6.45) is 0.862. The number of nitrogens with one attached hydrogen (secondary N) is 1. The summed E-state index contributed by atoms with van der Waals surface area (Å²) in [6.45, 7) is 1.97. The molecule has 0 amide bonds. The van der Waals surface area contributed by atoms with Crippen LogP contribution in [0.2, 0.25) is 0 Å². The van der Waals surface area contributed by atoms with Crippen molar-refractivity contribution in [2.45, 2.75) is 24.8 Å². The molecule has 0 aliphatic heterocycles. The van der Waals surface area contributed by atoms with Crippen molar-refractivity contribution in [2.75, 3.05) is 0 Å². The third-order valence-electron chi connectivity index (χ3n) is 3.26. The highest BCUT2D eigenvalue weighted by Crippen LogP contribution is 2.21. The van der Waals surface area contributed by atoms with Crippen LogP contribution < -0.4 is 4.72 Å². The van der Waals surface area contributed by atoms with E-state index in [0.29, 0.717) is 5.82 Å². The van der Waals surface area contributed by atoms with Crippen molar-refractivity contribution in [3.63, 3.8) is 0 Å². The van der Waals surface area contributed by atoms with E-state index in [2.05, 4.69) is 14.9 Å². The van der Waals surface area contributed by atoms with Gasteiger partial charge in [-0.25, -0.2) is 13.1 Å². The maximum absolute atomic E-state index is 12.2. The zero-order chi connectivity index (χ0) is 16.3. The molecule has 0 saturated heterocycles. The number of aromatic nitrogens is 2. The molecule has 3 rings (SSSR count). The number of sulfonamides is 1. The molecule has 0 bridgehead atoms. The highest BCUT2D eigenvalue weighted by Gasteiger charge is 2.16. The first-order chi connectivity index (χ1) is 11.1. The molecule has 0 atom stereocenters. The zero-order valence-corrected chi connectivity index (χ0v) is 14.0. The molecule has 3 aromatic rings. The van der Waals surface area contributed by atoms with Crippen LogP contribution >= 0.6 is 11.3 Å². The molecule has 8 heteroatoms. The zero-order valence-electron chi connectivity index (χ0n) is 12.4. The summed E-state index contributed by atoms with van der Waals surface area (Å²) in [5.41, 5.74) is 1.08. The van der Waals surface area contributed by atoms with Crippen LogP contribution in [-0.2, 0) is 23.0 Å². The average Bonchev–Trinajstić information content (AvgIpc) is 3.24. The van der Waals surface area contributed by atoms with E-state index < -0.39 is 10.0 Å². The Balaban J connectivity index is 1.69. The van der Waals surface area contributed by atoms with Crippen molar-refractivity contribution in [1.82, 2.24) is 14.9 Å². The fraction of sp³-hybridized carbons (Fsp3) is 0.200. The number of aryl methyl sites for hydroxylation is 1. The molecule has 0 fully saturated rings. The maximum atomic E-state index is 12.2. The van der Waals surface area contributed by atoms with Crippen molar-refractivity contribution in [1.29, 1.82) is 0 Å². The Hall–Kier alpha value is -2.03. The second-order valence-electron chi connectivity index (χ2n) is 4.81. The molecular formula is C15H15N3O3S2. The second-order valence-corrected chi connectivity index (χ2v) is 7.53. The van der Waals surface area contributed by atoms with E-state index in [0.717, 1.165) is 16.9 Å². The van der Waals surface area contributed by atoms with E-state index in [1.54, 1.807) is 24.3 Å². The molecule has 1 aromatic carbocycles. The van der Waals surface area contributed by atoms with Crippen molar-refractivity contribution in [3.8, 4) is 10.7 Å². The summed E-state index contributed by atoms with van der Waals surface area (Å²) >= 11 is 1.49. The van der Waals surface area contributed by atoms with Gasteiger partial charge >= 0.3 is 0 Å². The Labute approximate surface area is 138 Å². The molecule has 0 aliphatic rings. The minimum atomic E-state index is -3.60. The molecule has 0 aliphatic carbocycles. The lowest BCUT2D eigenvalue weighted by Crippen LogP contribution is -2.23. The molecule has 1 N–H and O–H groups in total. The number of hydrogen-bond donors (Lipinski definition) is 1. The fourth-order valence-corrected chi connectivity index (χ4v) is 3.60. The molecule has 0 saturated carbocycles. The largest absolute Gasteiger partial charge is 0.337 e. The normalized spacial score (nSPS) is 11.7. The van der Waals surface area contributed by atoms with E-state index >= 15 is 0 Å². The van der Waals surface area contributed by atoms with Crippen molar-refractivity contribution < 1.29 is 12.9 Å². The molecular weight excluding hydrogens is 334 g/mol. The molecule has 2 heterocycles. The third kappa shape index (κ3) is 3.66. The van der Waals surface area contributed by atoms with Gasteiger partial charge in [-0.05, 0) is 35.6 Å². The lowest BCUT2D eigenvalue weighted by atomic mass is 10.2. The molecule has 0 radical (unpaired) electrons. The molecule has 0 unspecified atom stereocenters. The van der Waals surface area contributed by atoms with Crippen molar-refractivity contribution in [3.05, 3.63) is 53.2 Å². The predicted molar refractivity (Wildman–Crippen MR) is 87.5 cm³/mol. The summed E-state index contributed by atoms with van der Waals surface area (Å²) in [5, 5.41) is 5.75. The standard InChI is InChI=1S/C15H15N3O3S2/c1-2-11-5-7-12(8-6-11)23(19,20)16-10-14-17-15(18-21-14)13-4-3-9-22-13/h3-9,16H,2,10H2,1H3. The van der Waals surface area contributed by atoms with Gasteiger partial charge in [0.05, 0.1) is 16.3 Å². The van der Waals surface area contributed by atoms with Gasteiger partial charge in [-0.3, -0.25) is 0 Å². The Morgan fingerprint density at radius 1 is 1.22 bits per heavy atom. The first-order valence-electron chi connectivity index (χ1n) is 7.03. The Morgan fingerprint density at radius 2 is 2.00 bits per heavy atom. The predicted octanol–water partition coefficient (Wildman–Crippen LogP) is 2.84. The summed E-state index contributed by atoms with van der Waals surface area (Å²) < 4.78 is 32.0. The number of hydrogen-bond acceptors (Lipinski definition) is 6. The smallest absolute Gasteiger partial charge is 0.242 e. The van der Waals surface area contributed by atoms with Gasteiger partial charge in [0, 0.05) is 0 Å². The number of rotatable bonds is 6. The first-order valence-corrected chi connectivity index (χ1v) is 9.40. The van der Waals surface area contributed by atoms with Gasteiger partial charge in [-0.15, -0.1) is 11.3 Å². The second kappa shape index (κ2) is 6.61. The van der Waals surface area contributed by atoms with Gasteiger partial charge in [0.1, 0.15) is 0 Å². The summed E-state index contributed by atoms with van der Waals surface area (Å²) in [6, 6.07) is 10.5. The monoisotopic (exact) mass is 349 g/mol. The summed E-state index contributed by atoms with van der Waals surface area (Å²) in [7, 11) is -3.60. The van der Waals surface area contributed by atoms with Crippen LogP contribution in [0.25, 0.3) is 10.7 Å². The van der Waals surface area contributed by atoms with Crippen LogP contribution in [0.5, 0.6) is 0 Å².